The van der Waals surface area contributed by atoms with Gasteiger partial charge in [0.1, 0.15) is 5.82 Å². The molecular weight excluding hydrogens is 393 g/mol. The summed E-state index contributed by atoms with van der Waals surface area (Å²) in [4.78, 5) is 14.7. The molecule has 1 N–H and O–H groups in total. The minimum absolute atomic E-state index is 0.0964. The van der Waals surface area contributed by atoms with Gasteiger partial charge in [0.2, 0.25) is 5.91 Å². The van der Waals surface area contributed by atoms with Gasteiger partial charge in [0.05, 0.1) is 11.7 Å². The lowest BCUT2D eigenvalue weighted by molar-refractivity contribution is -0.131. The molecule has 2 unspecified atom stereocenters. The molecule has 0 bridgehead atoms. The molecule has 2 aromatic rings. The van der Waals surface area contributed by atoms with Crippen LogP contribution < -0.4 is 5.32 Å². The predicted molar refractivity (Wildman–Crippen MR) is 121 cm³/mol. The molecule has 1 saturated heterocycles. The molecule has 6 heteroatoms. The molecule has 2 atom stereocenters. The molecular formula is C25H36FN3O2. The number of benzene rings is 1. The number of nitrogens with one attached hydrogen (secondary N) is 1. The first-order chi connectivity index (χ1) is 14.8. The van der Waals surface area contributed by atoms with E-state index in [0.717, 1.165) is 23.7 Å². The normalized spacial score (nSPS) is 22.7. The number of halogens is 1. The zero-order chi connectivity index (χ0) is 22.4. The number of aromatic nitrogens is 1. The van der Waals surface area contributed by atoms with Gasteiger partial charge in [-0.15, -0.1) is 0 Å². The lowest BCUT2D eigenvalue weighted by Crippen LogP contribution is -2.60. The second kappa shape index (κ2) is 10.9. The van der Waals surface area contributed by atoms with E-state index in [-0.39, 0.29) is 23.8 Å². The van der Waals surface area contributed by atoms with Crippen molar-refractivity contribution < 1.29 is 13.7 Å². The van der Waals surface area contributed by atoms with Crippen molar-refractivity contribution in [1.82, 2.24) is 15.4 Å². The fourth-order valence-electron chi connectivity index (χ4n) is 4.28. The number of carbonyl (C=O) groups is 1. The minimum atomic E-state index is -0.277. The first-order valence-electron chi connectivity index (χ1n) is 11.6. The molecule has 0 spiro atoms. The van der Waals surface area contributed by atoms with E-state index in [1.165, 1.54) is 44.2 Å². The molecule has 5 nitrogen and oxygen atoms in total. The lowest BCUT2D eigenvalue weighted by atomic mass is 9.82. The molecule has 1 amide bonds. The standard InChI is InChI=1S/C21H26FN3O2.C4H10/c1-14-21(26)23-19(15-5-3-2-4-6-15)13-25(14)12-18-11-20(27-24-18)16-7-9-17(22)10-8-16;1-4(2)3/h7-11,14-15,19H,2-6,12-13H2,1H3,(H,23,26);4H,1-3H3. The van der Waals surface area contributed by atoms with Crippen molar-refractivity contribution in [3.63, 3.8) is 0 Å². The molecule has 1 aromatic carbocycles. The summed E-state index contributed by atoms with van der Waals surface area (Å²) in [6.45, 7) is 9.85. The van der Waals surface area contributed by atoms with Gasteiger partial charge in [0.15, 0.2) is 5.76 Å². The molecule has 4 rings (SSSR count). The predicted octanol–water partition coefficient (Wildman–Crippen LogP) is 5.41. The minimum Gasteiger partial charge on any atom is -0.356 e. The van der Waals surface area contributed by atoms with Crippen LogP contribution in [0.5, 0.6) is 0 Å². The fraction of sp³-hybridized carbons (Fsp3) is 0.600. The van der Waals surface area contributed by atoms with E-state index in [1.54, 1.807) is 12.1 Å². The van der Waals surface area contributed by atoms with Crippen molar-refractivity contribution >= 4 is 5.91 Å². The molecule has 2 fully saturated rings. The molecule has 1 aliphatic heterocycles. The van der Waals surface area contributed by atoms with Crippen LogP contribution in [0.2, 0.25) is 0 Å². The third-order valence-electron chi connectivity index (χ3n) is 5.96. The summed E-state index contributed by atoms with van der Waals surface area (Å²) >= 11 is 0. The molecule has 1 aromatic heterocycles. The average molecular weight is 430 g/mol. The van der Waals surface area contributed by atoms with E-state index in [2.05, 4.69) is 36.1 Å². The van der Waals surface area contributed by atoms with Crippen LogP contribution in [-0.2, 0) is 11.3 Å². The molecule has 1 aliphatic carbocycles. The molecule has 0 radical (unpaired) electrons. The van der Waals surface area contributed by atoms with Crippen LogP contribution in [-0.4, -0.2) is 34.6 Å². The van der Waals surface area contributed by atoms with Crippen molar-refractivity contribution in [1.29, 1.82) is 0 Å². The van der Waals surface area contributed by atoms with Gasteiger partial charge in [-0.05, 0) is 55.9 Å². The number of hydrogen-bond donors (Lipinski definition) is 1. The van der Waals surface area contributed by atoms with Crippen molar-refractivity contribution in [3.8, 4) is 11.3 Å². The lowest BCUT2D eigenvalue weighted by Gasteiger charge is -2.41. The highest BCUT2D eigenvalue weighted by Gasteiger charge is 2.36. The van der Waals surface area contributed by atoms with E-state index >= 15 is 0 Å². The van der Waals surface area contributed by atoms with Crippen LogP contribution in [0, 0.1) is 17.7 Å². The second-order valence-corrected chi connectivity index (χ2v) is 9.54. The van der Waals surface area contributed by atoms with Gasteiger partial charge in [0, 0.05) is 30.8 Å². The van der Waals surface area contributed by atoms with E-state index in [4.69, 9.17) is 4.52 Å². The van der Waals surface area contributed by atoms with E-state index < -0.39 is 0 Å². The summed E-state index contributed by atoms with van der Waals surface area (Å²) < 4.78 is 18.5. The Balaban J connectivity index is 0.000000628. The van der Waals surface area contributed by atoms with Crippen LogP contribution >= 0.6 is 0 Å². The number of nitrogens with zero attached hydrogens (tertiary/aromatic N) is 2. The largest absolute Gasteiger partial charge is 0.356 e. The van der Waals surface area contributed by atoms with Crippen molar-refractivity contribution in [2.75, 3.05) is 6.54 Å². The SMILES string of the molecule is CC(C)C.CC1C(=O)NC(C2CCCCC2)CN1Cc1cc(-c2ccc(F)cc2)on1. The highest BCUT2D eigenvalue weighted by Crippen LogP contribution is 2.29. The van der Waals surface area contributed by atoms with Crippen molar-refractivity contribution in [2.24, 2.45) is 11.8 Å². The van der Waals surface area contributed by atoms with Crippen LogP contribution in [0.4, 0.5) is 4.39 Å². The van der Waals surface area contributed by atoms with Crippen LogP contribution in [0.3, 0.4) is 0 Å². The van der Waals surface area contributed by atoms with E-state index in [1.807, 2.05) is 13.0 Å². The molecule has 2 aliphatic rings. The number of piperazine rings is 1. The highest BCUT2D eigenvalue weighted by atomic mass is 19.1. The zero-order valence-corrected chi connectivity index (χ0v) is 19.2. The molecule has 1 saturated carbocycles. The maximum Gasteiger partial charge on any atom is 0.237 e. The van der Waals surface area contributed by atoms with Gasteiger partial charge < -0.3 is 9.84 Å². The van der Waals surface area contributed by atoms with Crippen molar-refractivity contribution in [2.45, 2.75) is 78.4 Å². The van der Waals surface area contributed by atoms with Gasteiger partial charge in [-0.1, -0.05) is 45.2 Å². The summed E-state index contributed by atoms with van der Waals surface area (Å²) in [7, 11) is 0. The van der Waals surface area contributed by atoms with Gasteiger partial charge in [-0.2, -0.15) is 0 Å². The van der Waals surface area contributed by atoms with Gasteiger partial charge >= 0.3 is 0 Å². The third kappa shape index (κ3) is 6.63. The Morgan fingerprint density at radius 3 is 2.45 bits per heavy atom. The summed E-state index contributed by atoms with van der Waals surface area (Å²) in [5.41, 5.74) is 1.58. The fourth-order valence-corrected chi connectivity index (χ4v) is 4.28. The maximum absolute atomic E-state index is 13.1. The summed E-state index contributed by atoms with van der Waals surface area (Å²) in [5, 5.41) is 7.39. The number of rotatable bonds is 4. The highest BCUT2D eigenvalue weighted by molar-refractivity contribution is 5.82. The summed E-state index contributed by atoms with van der Waals surface area (Å²) in [6, 6.07) is 8.08. The van der Waals surface area contributed by atoms with Gasteiger partial charge in [-0.25, -0.2) is 4.39 Å². The Morgan fingerprint density at radius 2 is 1.81 bits per heavy atom. The number of carbonyl (C=O) groups excluding carboxylic acids is 1. The Labute approximate surface area is 185 Å². The van der Waals surface area contributed by atoms with Crippen LogP contribution in [0.15, 0.2) is 34.9 Å². The van der Waals surface area contributed by atoms with Gasteiger partial charge in [0.25, 0.3) is 0 Å². The van der Waals surface area contributed by atoms with E-state index in [9.17, 15) is 9.18 Å². The number of amides is 1. The van der Waals surface area contributed by atoms with Gasteiger partial charge in [-0.3, -0.25) is 9.69 Å². The summed E-state index contributed by atoms with van der Waals surface area (Å²) in [5.74, 6) is 1.84. The zero-order valence-electron chi connectivity index (χ0n) is 19.2. The Bertz CT molecular complexity index is 825. The molecule has 31 heavy (non-hydrogen) atoms. The molecule has 170 valence electrons. The quantitative estimate of drug-likeness (QED) is 0.706. The number of hydrogen-bond acceptors (Lipinski definition) is 4. The average Bonchev–Trinajstić information content (AvgIpc) is 3.20. The van der Waals surface area contributed by atoms with E-state index in [0.29, 0.717) is 18.2 Å². The Kier molecular flexibility index (Phi) is 8.24. The monoisotopic (exact) mass is 429 g/mol. The first-order valence-corrected chi connectivity index (χ1v) is 11.6. The summed E-state index contributed by atoms with van der Waals surface area (Å²) in [6.07, 6.45) is 6.23. The smallest absolute Gasteiger partial charge is 0.237 e. The topological polar surface area (TPSA) is 58.4 Å². The first kappa shape index (κ1) is 23.5. The second-order valence-electron chi connectivity index (χ2n) is 9.54. The molecule has 2 heterocycles. The van der Waals surface area contributed by atoms with Crippen LogP contribution in [0.1, 0.15) is 65.5 Å². The van der Waals surface area contributed by atoms with Crippen molar-refractivity contribution in [3.05, 3.63) is 41.8 Å². The Morgan fingerprint density at radius 1 is 1.16 bits per heavy atom. The Hall–Kier alpha value is -2.21. The maximum atomic E-state index is 13.1. The third-order valence-corrected chi connectivity index (χ3v) is 5.96. The van der Waals surface area contributed by atoms with Crippen LogP contribution in [0.25, 0.3) is 11.3 Å².